The summed E-state index contributed by atoms with van der Waals surface area (Å²) < 4.78 is 18.0. The minimum atomic E-state index is -0.649. The number of halogens is 1. The molecule has 2 aromatic carbocycles. The summed E-state index contributed by atoms with van der Waals surface area (Å²) in [6, 6.07) is 15.6. The van der Waals surface area contributed by atoms with Crippen molar-refractivity contribution in [1.82, 2.24) is 16.0 Å². The number of carbonyl (C=O) groups is 3. The van der Waals surface area contributed by atoms with Crippen molar-refractivity contribution in [3.8, 4) is 11.3 Å². The third kappa shape index (κ3) is 4.88. The highest BCUT2D eigenvalue weighted by molar-refractivity contribution is 5.98. The van der Waals surface area contributed by atoms with Crippen LogP contribution in [0.2, 0.25) is 0 Å². The van der Waals surface area contributed by atoms with Crippen LogP contribution in [-0.2, 0) is 4.79 Å². The van der Waals surface area contributed by atoms with Crippen molar-refractivity contribution >= 4 is 17.6 Å². The second kappa shape index (κ2) is 8.72. The second-order valence-electron chi connectivity index (χ2n) is 5.87. The average molecular weight is 381 g/mol. The number of nitrogens with one attached hydrogen (secondary N) is 2. The predicted octanol–water partition coefficient (Wildman–Crippen LogP) is 2.90. The molecule has 3 aromatic rings. The molecule has 0 fully saturated rings. The molecular weight excluding hydrogens is 365 g/mol. The standard InChI is InChI=1S/C20H16FN3O4/c21-15-8-6-13(7-9-15)17(25)10-11-19(26)22-23-20(27)16-12-18(28-24-16)14-4-2-1-3-5-14/h1-9,12H,10-11H2,(H,22,26)(H,23,27). The van der Waals surface area contributed by atoms with E-state index in [4.69, 9.17) is 4.52 Å². The molecule has 2 amide bonds. The lowest BCUT2D eigenvalue weighted by atomic mass is 10.1. The van der Waals surface area contributed by atoms with Gasteiger partial charge in [0.25, 0.3) is 5.91 Å². The Labute approximate surface area is 159 Å². The van der Waals surface area contributed by atoms with Crippen LogP contribution in [0.15, 0.2) is 65.2 Å². The maximum absolute atomic E-state index is 12.9. The van der Waals surface area contributed by atoms with Crippen LogP contribution >= 0.6 is 0 Å². The van der Waals surface area contributed by atoms with Gasteiger partial charge in [-0.3, -0.25) is 25.2 Å². The van der Waals surface area contributed by atoms with Crippen molar-refractivity contribution in [2.45, 2.75) is 12.8 Å². The molecule has 1 aromatic heterocycles. The molecular formula is C20H16FN3O4. The number of aromatic nitrogens is 1. The molecule has 28 heavy (non-hydrogen) atoms. The highest BCUT2D eigenvalue weighted by atomic mass is 19.1. The van der Waals surface area contributed by atoms with Crippen LogP contribution in [0.3, 0.4) is 0 Å². The van der Waals surface area contributed by atoms with E-state index in [1.165, 1.54) is 30.3 Å². The highest BCUT2D eigenvalue weighted by Gasteiger charge is 2.15. The number of carbonyl (C=O) groups excluding carboxylic acids is 3. The topological polar surface area (TPSA) is 101 Å². The van der Waals surface area contributed by atoms with Gasteiger partial charge in [0.2, 0.25) is 5.91 Å². The minimum Gasteiger partial charge on any atom is -0.355 e. The number of rotatable bonds is 6. The monoisotopic (exact) mass is 381 g/mol. The molecule has 0 aliphatic rings. The predicted molar refractivity (Wildman–Crippen MR) is 97.5 cm³/mol. The second-order valence-corrected chi connectivity index (χ2v) is 5.87. The molecule has 142 valence electrons. The van der Waals surface area contributed by atoms with Crippen LogP contribution < -0.4 is 10.9 Å². The summed E-state index contributed by atoms with van der Waals surface area (Å²) >= 11 is 0. The van der Waals surface area contributed by atoms with Gasteiger partial charge < -0.3 is 4.52 Å². The largest absolute Gasteiger partial charge is 0.355 e. The smallest absolute Gasteiger partial charge is 0.291 e. The van der Waals surface area contributed by atoms with Crippen LogP contribution in [0, 0.1) is 5.82 Å². The molecule has 2 N–H and O–H groups in total. The Hall–Kier alpha value is -3.81. The molecule has 0 unspecified atom stereocenters. The molecule has 0 bridgehead atoms. The van der Waals surface area contributed by atoms with E-state index >= 15 is 0 Å². The van der Waals surface area contributed by atoms with Gasteiger partial charge >= 0.3 is 0 Å². The normalized spacial score (nSPS) is 10.3. The third-order valence-corrected chi connectivity index (χ3v) is 3.86. The van der Waals surface area contributed by atoms with Crippen LogP contribution in [0.25, 0.3) is 11.3 Å². The first kappa shape index (κ1) is 19.0. The molecule has 7 nitrogen and oxygen atoms in total. The average Bonchev–Trinajstić information content (AvgIpc) is 3.22. The zero-order chi connectivity index (χ0) is 19.9. The lowest BCUT2D eigenvalue weighted by Gasteiger charge is -2.05. The maximum Gasteiger partial charge on any atom is 0.291 e. The molecule has 0 spiro atoms. The number of ketones is 1. The van der Waals surface area contributed by atoms with Gasteiger partial charge in [0, 0.05) is 30.0 Å². The van der Waals surface area contributed by atoms with E-state index < -0.39 is 17.6 Å². The first-order valence-corrected chi connectivity index (χ1v) is 8.43. The van der Waals surface area contributed by atoms with E-state index in [2.05, 4.69) is 16.0 Å². The van der Waals surface area contributed by atoms with E-state index in [0.29, 0.717) is 11.3 Å². The number of benzene rings is 2. The van der Waals surface area contributed by atoms with E-state index in [1.807, 2.05) is 30.3 Å². The van der Waals surface area contributed by atoms with Crippen molar-refractivity contribution in [2.24, 2.45) is 0 Å². The Bertz CT molecular complexity index is 984. The number of amides is 2. The van der Waals surface area contributed by atoms with Crippen LogP contribution in [0.4, 0.5) is 4.39 Å². The van der Waals surface area contributed by atoms with E-state index in [-0.39, 0.29) is 24.3 Å². The van der Waals surface area contributed by atoms with Gasteiger partial charge in [0.05, 0.1) is 0 Å². The van der Waals surface area contributed by atoms with Crippen LogP contribution in [0.5, 0.6) is 0 Å². The first-order chi connectivity index (χ1) is 13.5. The quantitative estimate of drug-likeness (QED) is 0.505. The molecule has 3 rings (SSSR count). The fourth-order valence-electron chi connectivity index (χ4n) is 2.38. The third-order valence-electron chi connectivity index (χ3n) is 3.86. The van der Waals surface area contributed by atoms with Gasteiger partial charge in [0.1, 0.15) is 5.82 Å². The summed E-state index contributed by atoms with van der Waals surface area (Å²) in [5.41, 5.74) is 5.50. The van der Waals surface area contributed by atoms with Gasteiger partial charge in [-0.25, -0.2) is 4.39 Å². The SMILES string of the molecule is O=C(CCC(=O)c1ccc(F)cc1)NNC(=O)c1cc(-c2ccccc2)on1. The van der Waals surface area contributed by atoms with Gasteiger partial charge in [0.15, 0.2) is 17.2 Å². The van der Waals surface area contributed by atoms with Crippen molar-refractivity contribution in [3.63, 3.8) is 0 Å². The molecule has 8 heteroatoms. The number of Topliss-reactive ketones (excluding diaryl/α,β-unsaturated/α-hetero) is 1. The molecule has 0 aliphatic carbocycles. The number of hydrazine groups is 1. The zero-order valence-corrected chi connectivity index (χ0v) is 14.6. The van der Waals surface area contributed by atoms with Gasteiger partial charge in [-0.05, 0) is 24.3 Å². The van der Waals surface area contributed by atoms with Gasteiger partial charge in [-0.2, -0.15) is 0 Å². The summed E-state index contributed by atoms with van der Waals surface area (Å²) in [4.78, 5) is 35.8. The molecule has 1 heterocycles. The summed E-state index contributed by atoms with van der Waals surface area (Å²) in [5, 5.41) is 3.67. The number of hydrogen-bond donors (Lipinski definition) is 2. The van der Waals surface area contributed by atoms with Gasteiger partial charge in [-0.1, -0.05) is 35.5 Å². The molecule has 0 saturated heterocycles. The molecule has 0 atom stereocenters. The van der Waals surface area contributed by atoms with Crippen molar-refractivity contribution < 1.29 is 23.3 Å². The summed E-state index contributed by atoms with van der Waals surface area (Å²) in [5.74, 6) is -1.52. The Kier molecular flexibility index (Phi) is 5.91. The Morgan fingerprint density at radius 2 is 1.64 bits per heavy atom. The number of nitrogens with zero attached hydrogens (tertiary/aromatic N) is 1. The number of hydrogen-bond acceptors (Lipinski definition) is 5. The van der Waals surface area contributed by atoms with E-state index in [0.717, 1.165) is 5.56 Å². The highest BCUT2D eigenvalue weighted by Crippen LogP contribution is 2.19. The Balaban J connectivity index is 1.46. The minimum absolute atomic E-state index is 0.00143. The lowest BCUT2D eigenvalue weighted by Crippen LogP contribution is -2.41. The summed E-state index contributed by atoms with van der Waals surface area (Å²) in [7, 11) is 0. The molecule has 0 saturated carbocycles. The summed E-state index contributed by atoms with van der Waals surface area (Å²) in [6.45, 7) is 0. The fourth-order valence-corrected chi connectivity index (χ4v) is 2.38. The Morgan fingerprint density at radius 3 is 2.36 bits per heavy atom. The van der Waals surface area contributed by atoms with Gasteiger partial charge in [-0.15, -0.1) is 0 Å². The first-order valence-electron chi connectivity index (χ1n) is 8.43. The maximum atomic E-state index is 12.9. The van der Waals surface area contributed by atoms with Crippen molar-refractivity contribution in [3.05, 3.63) is 77.7 Å². The fraction of sp³-hybridized carbons (Fsp3) is 0.100. The van der Waals surface area contributed by atoms with Crippen LogP contribution in [0.1, 0.15) is 33.7 Å². The van der Waals surface area contributed by atoms with Crippen molar-refractivity contribution in [2.75, 3.05) is 0 Å². The molecule has 0 aliphatic heterocycles. The van der Waals surface area contributed by atoms with Crippen LogP contribution in [-0.4, -0.2) is 22.8 Å². The van der Waals surface area contributed by atoms with Crippen molar-refractivity contribution in [1.29, 1.82) is 0 Å². The Morgan fingerprint density at radius 1 is 0.929 bits per heavy atom. The summed E-state index contributed by atoms with van der Waals surface area (Å²) in [6.07, 6.45) is -0.208. The van der Waals surface area contributed by atoms with E-state index in [9.17, 15) is 18.8 Å². The van der Waals surface area contributed by atoms with E-state index in [1.54, 1.807) is 0 Å². The lowest BCUT2D eigenvalue weighted by molar-refractivity contribution is -0.121. The molecule has 0 radical (unpaired) electrons. The zero-order valence-electron chi connectivity index (χ0n) is 14.6.